The maximum absolute atomic E-state index is 6.12. The van der Waals surface area contributed by atoms with Crippen molar-refractivity contribution < 1.29 is 0 Å². The Bertz CT molecular complexity index is 541. The Balaban J connectivity index is 2.00. The van der Waals surface area contributed by atoms with Crippen LogP contribution < -0.4 is 5.84 Å². The SMILES string of the molecule is CCCCc1nnc(SCc2ccccc2Cl)n1N. The molecule has 0 aliphatic rings. The summed E-state index contributed by atoms with van der Waals surface area (Å²) in [6.45, 7) is 2.14. The number of halogens is 1. The molecule has 0 aliphatic heterocycles. The van der Waals surface area contributed by atoms with Gasteiger partial charge in [-0.25, -0.2) is 4.68 Å². The minimum absolute atomic E-state index is 0.728. The summed E-state index contributed by atoms with van der Waals surface area (Å²) in [7, 11) is 0. The molecule has 0 spiro atoms. The van der Waals surface area contributed by atoms with Crippen LogP contribution in [0.2, 0.25) is 5.02 Å². The number of nitrogens with zero attached hydrogens (tertiary/aromatic N) is 3. The van der Waals surface area contributed by atoms with Gasteiger partial charge in [0.2, 0.25) is 5.16 Å². The van der Waals surface area contributed by atoms with Crippen LogP contribution in [0, 0.1) is 0 Å². The first-order valence-corrected chi connectivity index (χ1v) is 7.64. The summed E-state index contributed by atoms with van der Waals surface area (Å²) in [6, 6.07) is 7.79. The van der Waals surface area contributed by atoms with Crippen molar-refractivity contribution in [3.05, 3.63) is 40.7 Å². The lowest BCUT2D eigenvalue weighted by Crippen LogP contribution is -2.14. The van der Waals surface area contributed by atoms with E-state index >= 15 is 0 Å². The fourth-order valence-electron chi connectivity index (χ4n) is 1.67. The quantitative estimate of drug-likeness (QED) is 0.656. The minimum Gasteiger partial charge on any atom is -0.336 e. The average molecular weight is 297 g/mol. The predicted molar refractivity (Wildman–Crippen MR) is 79.8 cm³/mol. The molecule has 0 aliphatic carbocycles. The molecular weight excluding hydrogens is 280 g/mol. The third kappa shape index (κ3) is 3.64. The summed E-state index contributed by atoms with van der Waals surface area (Å²) in [5.41, 5.74) is 1.08. The Kier molecular flexibility index (Phi) is 5.10. The van der Waals surface area contributed by atoms with E-state index < -0.39 is 0 Å². The number of unbranched alkanes of at least 4 members (excludes halogenated alkanes) is 1. The van der Waals surface area contributed by atoms with Gasteiger partial charge in [-0.2, -0.15) is 0 Å². The van der Waals surface area contributed by atoms with Gasteiger partial charge in [0.15, 0.2) is 5.82 Å². The highest BCUT2D eigenvalue weighted by Gasteiger charge is 2.10. The van der Waals surface area contributed by atoms with Crippen molar-refractivity contribution in [3.63, 3.8) is 0 Å². The molecule has 0 unspecified atom stereocenters. The molecule has 0 radical (unpaired) electrons. The number of aromatic nitrogens is 3. The molecule has 4 nitrogen and oxygen atoms in total. The number of hydrogen-bond donors (Lipinski definition) is 1. The van der Waals surface area contributed by atoms with E-state index in [1.807, 2.05) is 24.3 Å². The second-order valence-electron chi connectivity index (χ2n) is 4.25. The summed E-state index contributed by atoms with van der Waals surface area (Å²) < 4.78 is 1.58. The molecule has 0 fully saturated rings. The summed E-state index contributed by atoms with van der Waals surface area (Å²) >= 11 is 7.67. The van der Waals surface area contributed by atoms with E-state index in [2.05, 4.69) is 17.1 Å². The Morgan fingerprint density at radius 2 is 2.11 bits per heavy atom. The zero-order valence-electron chi connectivity index (χ0n) is 10.8. The molecule has 0 amide bonds. The van der Waals surface area contributed by atoms with Gasteiger partial charge in [-0.1, -0.05) is 54.9 Å². The molecule has 1 aromatic carbocycles. The number of thioether (sulfide) groups is 1. The van der Waals surface area contributed by atoms with Crippen LogP contribution >= 0.6 is 23.4 Å². The second kappa shape index (κ2) is 6.82. The number of aryl methyl sites for hydroxylation is 1. The molecule has 0 saturated carbocycles. The monoisotopic (exact) mass is 296 g/mol. The number of rotatable bonds is 6. The van der Waals surface area contributed by atoms with Gasteiger partial charge in [-0.15, -0.1) is 10.2 Å². The van der Waals surface area contributed by atoms with Crippen molar-refractivity contribution in [1.82, 2.24) is 14.9 Å². The maximum Gasteiger partial charge on any atom is 0.210 e. The van der Waals surface area contributed by atoms with Crippen LogP contribution in [0.4, 0.5) is 0 Å². The fraction of sp³-hybridized carbons (Fsp3) is 0.385. The van der Waals surface area contributed by atoms with Crippen molar-refractivity contribution in [2.45, 2.75) is 37.1 Å². The highest BCUT2D eigenvalue weighted by Crippen LogP contribution is 2.25. The molecule has 2 aromatic rings. The predicted octanol–water partition coefficient (Wildman–Crippen LogP) is 3.28. The lowest BCUT2D eigenvalue weighted by molar-refractivity contribution is 0.712. The molecule has 102 valence electrons. The summed E-state index contributed by atoms with van der Waals surface area (Å²) in [5, 5.41) is 9.74. The number of nitrogen functional groups attached to an aromatic ring is 1. The first-order chi connectivity index (χ1) is 9.22. The summed E-state index contributed by atoms with van der Waals surface area (Å²) in [5.74, 6) is 7.56. The molecule has 0 atom stereocenters. The summed E-state index contributed by atoms with van der Waals surface area (Å²) in [4.78, 5) is 0. The molecular formula is C13H17ClN4S. The molecule has 1 heterocycles. The van der Waals surface area contributed by atoms with E-state index in [1.54, 1.807) is 16.4 Å². The van der Waals surface area contributed by atoms with Crippen LogP contribution in [0.3, 0.4) is 0 Å². The lowest BCUT2D eigenvalue weighted by Gasteiger charge is -2.04. The van der Waals surface area contributed by atoms with Crippen molar-refractivity contribution in [2.75, 3.05) is 5.84 Å². The topological polar surface area (TPSA) is 56.7 Å². The largest absolute Gasteiger partial charge is 0.336 e. The third-order valence-corrected chi connectivity index (χ3v) is 4.16. The van der Waals surface area contributed by atoms with Gasteiger partial charge >= 0.3 is 0 Å². The smallest absolute Gasteiger partial charge is 0.210 e. The fourth-order valence-corrected chi connectivity index (χ4v) is 2.83. The Morgan fingerprint density at radius 3 is 2.84 bits per heavy atom. The molecule has 19 heavy (non-hydrogen) atoms. The Labute approximate surface area is 122 Å². The molecule has 0 saturated heterocycles. The Morgan fingerprint density at radius 1 is 1.32 bits per heavy atom. The Hall–Kier alpha value is -1.20. The van der Waals surface area contributed by atoms with E-state index in [-0.39, 0.29) is 0 Å². The van der Waals surface area contributed by atoms with E-state index in [4.69, 9.17) is 17.4 Å². The number of hydrogen-bond acceptors (Lipinski definition) is 4. The second-order valence-corrected chi connectivity index (χ2v) is 5.60. The van der Waals surface area contributed by atoms with Gasteiger partial charge < -0.3 is 5.84 Å². The molecule has 6 heteroatoms. The third-order valence-electron chi connectivity index (χ3n) is 2.80. The van der Waals surface area contributed by atoms with E-state index in [9.17, 15) is 0 Å². The minimum atomic E-state index is 0.728. The van der Waals surface area contributed by atoms with Crippen LogP contribution in [0.1, 0.15) is 31.2 Å². The van der Waals surface area contributed by atoms with E-state index in [1.165, 1.54) is 0 Å². The van der Waals surface area contributed by atoms with Crippen molar-refractivity contribution in [3.8, 4) is 0 Å². The number of benzene rings is 1. The average Bonchev–Trinajstić information content (AvgIpc) is 2.76. The first kappa shape index (κ1) is 14.2. The lowest BCUT2D eigenvalue weighted by atomic mass is 10.2. The molecule has 2 N–H and O–H groups in total. The zero-order chi connectivity index (χ0) is 13.7. The zero-order valence-corrected chi connectivity index (χ0v) is 12.4. The van der Waals surface area contributed by atoms with E-state index in [0.717, 1.165) is 46.6 Å². The van der Waals surface area contributed by atoms with Gasteiger partial charge in [0.05, 0.1) is 0 Å². The highest BCUT2D eigenvalue weighted by atomic mass is 35.5. The normalized spacial score (nSPS) is 10.8. The van der Waals surface area contributed by atoms with Crippen LogP contribution in [0.25, 0.3) is 0 Å². The van der Waals surface area contributed by atoms with Crippen molar-refractivity contribution >= 4 is 23.4 Å². The standard InChI is InChI=1S/C13H17ClN4S/c1-2-3-8-12-16-17-13(18(12)15)19-9-10-6-4-5-7-11(10)14/h4-7H,2-3,8-9,15H2,1H3. The van der Waals surface area contributed by atoms with Gasteiger partial charge in [0, 0.05) is 17.2 Å². The van der Waals surface area contributed by atoms with Crippen LogP contribution in [0.15, 0.2) is 29.4 Å². The molecule has 1 aromatic heterocycles. The van der Waals surface area contributed by atoms with Gasteiger partial charge in [0.1, 0.15) is 0 Å². The van der Waals surface area contributed by atoms with Crippen molar-refractivity contribution in [2.24, 2.45) is 0 Å². The number of nitrogens with two attached hydrogens (primary N) is 1. The molecule has 0 bridgehead atoms. The molecule has 2 rings (SSSR count). The van der Waals surface area contributed by atoms with Gasteiger partial charge in [-0.3, -0.25) is 0 Å². The van der Waals surface area contributed by atoms with E-state index in [0.29, 0.717) is 0 Å². The van der Waals surface area contributed by atoms with Gasteiger partial charge in [-0.05, 0) is 18.1 Å². The first-order valence-electron chi connectivity index (χ1n) is 6.28. The van der Waals surface area contributed by atoms with Crippen LogP contribution in [-0.4, -0.2) is 14.9 Å². The summed E-state index contributed by atoms with van der Waals surface area (Å²) in [6.07, 6.45) is 3.06. The van der Waals surface area contributed by atoms with Crippen LogP contribution in [0.5, 0.6) is 0 Å². The van der Waals surface area contributed by atoms with Crippen molar-refractivity contribution in [1.29, 1.82) is 0 Å². The van der Waals surface area contributed by atoms with Crippen LogP contribution in [-0.2, 0) is 12.2 Å². The maximum atomic E-state index is 6.12. The highest BCUT2D eigenvalue weighted by molar-refractivity contribution is 7.98. The van der Waals surface area contributed by atoms with Gasteiger partial charge in [0.25, 0.3) is 0 Å².